The molecule has 10 heteroatoms. The molecule has 2 aromatic carbocycles. The summed E-state index contributed by atoms with van der Waals surface area (Å²) in [5.74, 6) is -3.82. The van der Waals surface area contributed by atoms with E-state index in [-0.39, 0.29) is 41.5 Å². The number of aromatic hydroxyl groups is 1. The first-order valence-corrected chi connectivity index (χ1v) is 12.8. The minimum Gasteiger partial charge on any atom is -0.508 e. The highest BCUT2D eigenvalue weighted by atomic mass is 16.6. The molecule has 40 heavy (non-hydrogen) atoms. The number of rotatable bonds is 4. The van der Waals surface area contributed by atoms with E-state index in [1.54, 1.807) is 13.0 Å². The van der Waals surface area contributed by atoms with E-state index in [1.165, 1.54) is 49.6 Å². The second-order valence-corrected chi connectivity index (χ2v) is 10.4. The van der Waals surface area contributed by atoms with E-state index >= 15 is 0 Å². The summed E-state index contributed by atoms with van der Waals surface area (Å²) in [5.41, 5.74) is 2.36. The van der Waals surface area contributed by atoms with Crippen LogP contribution in [-0.4, -0.2) is 40.5 Å². The first-order chi connectivity index (χ1) is 19.1. The SMILES string of the molecule is COc1cc(O)ccc1[C@H]1C2=CC[C@@H]3C(=O)N(c4ccc([N+](=O)[O-])cc4)C(=O)[C@@H]3[C@@H]2CC2=C1C(=O)C=C(C)C2=O. The highest BCUT2D eigenvalue weighted by molar-refractivity contribution is 6.25. The van der Waals surface area contributed by atoms with Crippen LogP contribution in [0.5, 0.6) is 11.5 Å². The molecule has 4 aliphatic rings. The molecule has 0 bridgehead atoms. The third-order valence-electron chi connectivity index (χ3n) is 8.41. The van der Waals surface area contributed by atoms with Gasteiger partial charge in [-0.15, -0.1) is 0 Å². The maximum atomic E-state index is 13.9. The molecule has 10 nitrogen and oxygen atoms in total. The summed E-state index contributed by atoms with van der Waals surface area (Å²) in [4.78, 5) is 65.8. The number of imide groups is 1. The maximum absolute atomic E-state index is 13.9. The number of methoxy groups -OCH3 is 1. The van der Waals surface area contributed by atoms with Crippen molar-refractivity contribution >= 4 is 34.8 Å². The van der Waals surface area contributed by atoms with Crippen LogP contribution in [0.4, 0.5) is 11.4 Å². The molecule has 4 atom stereocenters. The summed E-state index contributed by atoms with van der Waals surface area (Å²) < 4.78 is 5.55. The predicted molar refractivity (Wildman–Crippen MR) is 142 cm³/mol. The first kappa shape index (κ1) is 25.4. The maximum Gasteiger partial charge on any atom is 0.269 e. The number of ketones is 2. The monoisotopic (exact) mass is 540 g/mol. The number of nitro benzene ring substituents is 1. The van der Waals surface area contributed by atoms with E-state index < -0.39 is 40.4 Å². The summed E-state index contributed by atoms with van der Waals surface area (Å²) in [6.07, 6.45) is 3.59. The Bertz CT molecular complexity index is 1630. The van der Waals surface area contributed by atoms with Crippen LogP contribution in [0.15, 0.2) is 76.9 Å². The molecule has 1 aliphatic heterocycles. The minimum atomic E-state index is -0.781. The van der Waals surface area contributed by atoms with Gasteiger partial charge < -0.3 is 9.84 Å². The molecule has 2 aromatic rings. The molecular formula is C30H24N2O8. The van der Waals surface area contributed by atoms with Crippen LogP contribution in [0.3, 0.4) is 0 Å². The smallest absolute Gasteiger partial charge is 0.269 e. The number of hydrogen-bond donors (Lipinski definition) is 1. The number of carbonyl (C=O) groups is 4. The lowest BCUT2D eigenvalue weighted by molar-refractivity contribution is -0.384. The zero-order chi connectivity index (χ0) is 28.5. The number of phenolic OH excluding ortho intramolecular Hbond substituents is 1. The third kappa shape index (κ3) is 3.63. The van der Waals surface area contributed by atoms with Gasteiger partial charge in [0, 0.05) is 46.4 Å². The molecule has 0 unspecified atom stereocenters. The third-order valence-corrected chi connectivity index (χ3v) is 8.41. The second-order valence-electron chi connectivity index (χ2n) is 10.4. The average Bonchev–Trinajstić information content (AvgIpc) is 3.20. The highest BCUT2D eigenvalue weighted by Gasteiger charge is 2.56. The van der Waals surface area contributed by atoms with Crippen LogP contribution < -0.4 is 9.64 Å². The number of carbonyl (C=O) groups excluding carboxylic acids is 4. The molecule has 1 fully saturated rings. The molecule has 1 N–H and O–H groups in total. The molecule has 2 amide bonds. The van der Waals surface area contributed by atoms with Crippen molar-refractivity contribution < 1.29 is 33.9 Å². The standard InChI is InChI=1S/C30H24N2O8/c1-14-11-23(34)27-22(28(14)35)13-21-18(25(27)19-8-7-17(33)12-24(19)40-2)9-10-20-26(21)30(37)31(29(20)36)15-3-5-16(6-4-15)32(38)39/h3-9,11-12,20-21,25-26,33H,10,13H2,1-2H3/t20-,21+,25+,26-/m0/s1. The van der Waals surface area contributed by atoms with Crippen molar-refractivity contribution in [3.8, 4) is 11.5 Å². The van der Waals surface area contributed by atoms with E-state index in [0.29, 0.717) is 28.0 Å². The number of non-ortho nitro benzene ring substituents is 1. The number of ether oxygens (including phenoxy) is 1. The highest BCUT2D eigenvalue weighted by Crippen LogP contribution is 2.56. The Morgan fingerprint density at radius 3 is 2.42 bits per heavy atom. The molecule has 0 aromatic heterocycles. The minimum absolute atomic E-state index is 0.0306. The Hall–Kier alpha value is -4.86. The Morgan fingerprint density at radius 2 is 1.75 bits per heavy atom. The average molecular weight is 541 g/mol. The predicted octanol–water partition coefficient (Wildman–Crippen LogP) is 3.94. The van der Waals surface area contributed by atoms with Gasteiger partial charge in [-0.25, -0.2) is 0 Å². The lowest BCUT2D eigenvalue weighted by atomic mass is 9.59. The van der Waals surface area contributed by atoms with Gasteiger partial charge in [0.15, 0.2) is 11.6 Å². The number of nitrogens with zero attached hydrogens (tertiary/aromatic N) is 2. The van der Waals surface area contributed by atoms with Crippen LogP contribution in [0.1, 0.15) is 31.2 Å². The number of anilines is 1. The number of amides is 2. The summed E-state index contributed by atoms with van der Waals surface area (Å²) in [5, 5.41) is 21.2. The van der Waals surface area contributed by atoms with Crippen molar-refractivity contribution in [2.24, 2.45) is 17.8 Å². The quantitative estimate of drug-likeness (QED) is 0.202. The van der Waals surface area contributed by atoms with Crippen molar-refractivity contribution in [3.63, 3.8) is 0 Å². The summed E-state index contributed by atoms with van der Waals surface area (Å²) in [6.45, 7) is 1.58. The van der Waals surface area contributed by atoms with Crippen molar-refractivity contribution in [1.82, 2.24) is 0 Å². The van der Waals surface area contributed by atoms with Crippen LogP contribution in [0, 0.1) is 27.9 Å². The fraction of sp³-hybridized carbons (Fsp3) is 0.267. The van der Waals surface area contributed by atoms with Crippen LogP contribution >= 0.6 is 0 Å². The van der Waals surface area contributed by atoms with Gasteiger partial charge in [0.2, 0.25) is 11.8 Å². The van der Waals surface area contributed by atoms with E-state index in [0.717, 1.165) is 10.5 Å². The van der Waals surface area contributed by atoms with Gasteiger partial charge in [-0.3, -0.25) is 34.2 Å². The van der Waals surface area contributed by atoms with Gasteiger partial charge in [-0.1, -0.05) is 17.7 Å². The van der Waals surface area contributed by atoms with Crippen molar-refractivity contribution in [3.05, 3.63) is 92.6 Å². The molecule has 3 aliphatic carbocycles. The van der Waals surface area contributed by atoms with E-state index in [9.17, 15) is 34.4 Å². The molecule has 0 radical (unpaired) electrons. The molecule has 0 spiro atoms. The van der Waals surface area contributed by atoms with Gasteiger partial charge >= 0.3 is 0 Å². The van der Waals surface area contributed by atoms with Crippen molar-refractivity contribution in [1.29, 1.82) is 0 Å². The van der Waals surface area contributed by atoms with Crippen molar-refractivity contribution in [2.45, 2.75) is 25.7 Å². The number of fused-ring (bicyclic) bond motifs is 3. The Kier molecular flexibility index (Phi) is 5.79. The Balaban J connectivity index is 1.47. The molecule has 1 saturated heterocycles. The summed E-state index contributed by atoms with van der Waals surface area (Å²) in [7, 11) is 1.44. The van der Waals surface area contributed by atoms with Crippen molar-refractivity contribution in [2.75, 3.05) is 12.0 Å². The number of phenols is 1. The number of benzene rings is 2. The fourth-order valence-corrected chi connectivity index (χ4v) is 6.65. The zero-order valence-corrected chi connectivity index (χ0v) is 21.6. The topological polar surface area (TPSA) is 144 Å². The van der Waals surface area contributed by atoms with E-state index in [1.807, 2.05) is 6.08 Å². The zero-order valence-electron chi connectivity index (χ0n) is 21.6. The molecule has 202 valence electrons. The van der Waals surface area contributed by atoms with Gasteiger partial charge in [0.1, 0.15) is 11.5 Å². The first-order valence-electron chi connectivity index (χ1n) is 12.8. The Labute approximate surface area is 228 Å². The molecular weight excluding hydrogens is 516 g/mol. The van der Waals surface area contributed by atoms with Gasteiger partial charge in [-0.05, 0) is 50.0 Å². The lowest BCUT2D eigenvalue weighted by Gasteiger charge is -2.42. The summed E-state index contributed by atoms with van der Waals surface area (Å²) >= 11 is 0. The number of allylic oxidation sites excluding steroid dienone is 6. The van der Waals surface area contributed by atoms with Crippen LogP contribution in [0.2, 0.25) is 0 Å². The van der Waals surface area contributed by atoms with Crippen LogP contribution in [0.25, 0.3) is 0 Å². The summed E-state index contributed by atoms with van der Waals surface area (Å²) in [6, 6.07) is 9.80. The van der Waals surface area contributed by atoms with E-state index in [4.69, 9.17) is 4.74 Å². The normalized spacial score (nSPS) is 25.7. The largest absolute Gasteiger partial charge is 0.508 e. The number of Topliss-reactive ketones (excluding diaryl/α,β-unsaturated/α-hetero) is 1. The number of hydrogen-bond acceptors (Lipinski definition) is 8. The number of nitro groups is 1. The lowest BCUT2D eigenvalue weighted by Crippen LogP contribution is -2.39. The van der Waals surface area contributed by atoms with Crippen LogP contribution in [-0.2, 0) is 19.2 Å². The molecule has 1 heterocycles. The van der Waals surface area contributed by atoms with Gasteiger partial charge in [0.05, 0.1) is 29.6 Å². The fourth-order valence-electron chi connectivity index (χ4n) is 6.65. The second kappa shape index (κ2) is 9.11. The molecule has 6 rings (SSSR count). The Morgan fingerprint density at radius 1 is 1.02 bits per heavy atom. The molecule has 0 saturated carbocycles. The van der Waals surface area contributed by atoms with Gasteiger partial charge in [0.25, 0.3) is 5.69 Å². The van der Waals surface area contributed by atoms with Gasteiger partial charge in [-0.2, -0.15) is 0 Å². The van der Waals surface area contributed by atoms with E-state index in [2.05, 4.69) is 0 Å².